The summed E-state index contributed by atoms with van der Waals surface area (Å²) in [6.07, 6.45) is 4.92. The minimum atomic E-state index is -3.52. The molecule has 1 aromatic carbocycles. The van der Waals surface area contributed by atoms with Gasteiger partial charge in [0.05, 0.1) is 11.5 Å². The Labute approximate surface area is 126 Å². The Balaban J connectivity index is 1.92. The second-order valence-corrected chi connectivity index (χ2v) is 7.66. The Bertz CT molecular complexity index is 611. The molecule has 116 valence electrons. The highest BCUT2D eigenvalue weighted by Gasteiger charge is 2.34. The zero-order chi connectivity index (χ0) is 14.9. The van der Waals surface area contributed by atoms with E-state index in [2.05, 4.69) is 5.32 Å². The summed E-state index contributed by atoms with van der Waals surface area (Å²) in [5, 5.41) is 12.5. The van der Waals surface area contributed by atoms with E-state index in [-0.39, 0.29) is 19.2 Å². The van der Waals surface area contributed by atoms with E-state index in [0.29, 0.717) is 4.90 Å². The second-order valence-electron chi connectivity index (χ2n) is 5.77. The Morgan fingerprint density at radius 3 is 2.76 bits per heavy atom. The molecule has 1 aromatic rings. The van der Waals surface area contributed by atoms with Gasteiger partial charge in [0.25, 0.3) is 0 Å². The fourth-order valence-corrected chi connectivity index (χ4v) is 4.71. The summed E-state index contributed by atoms with van der Waals surface area (Å²) in [6, 6.07) is 5.40. The third-order valence-electron chi connectivity index (χ3n) is 4.43. The zero-order valence-electron chi connectivity index (χ0n) is 12.1. The molecular weight excluding hydrogens is 288 g/mol. The first-order chi connectivity index (χ1) is 10.1. The highest BCUT2D eigenvalue weighted by Crippen LogP contribution is 2.32. The summed E-state index contributed by atoms with van der Waals surface area (Å²) >= 11 is 0. The van der Waals surface area contributed by atoms with Crippen LogP contribution in [-0.2, 0) is 16.4 Å². The van der Waals surface area contributed by atoms with E-state index >= 15 is 0 Å². The molecule has 0 spiro atoms. The van der Waals surface area contributed by atoms with Gasteiger partial charge in [0.2, 0.25) is 10.0 Å². The first-order valence-electron chi connectivity index (χ1n) is 7.62. The molecule has 5 nitrogen and oxygen atoms in total. The molecule has 0 amide bonds. The molecule has 1 aliphatic heterocycles. The molecule has 6 heteroatoms. The number of rotatable bonds is 5. The van der Waals surface area contributed by atoms with Crippen LogP contribution in [0.25, 0.3) is 0 Å². The topological polar surface area (TPSA) is 69.6 Å². The van der Waals surface area contributed by atoms with E-state index in [1.54, 1.807) is 12.1 Å². The van der Waals surface area contributed by atoms with Crippen LogP contribution in [0, 0.1) is 0 Å². The van der Waals surface area contributed by atoms with E-state index in [1.807, 2.05) is 6.07 Å². The highest BCUT2D eigenvalue weighted by atomic mass is 32.2. The monoisotopic (exact) mass is 310 g/mol. The predicted octanol–water partition coefficient (Wildman–Crippen LogP) is 1.58. The number of sulfonamides is 1. The third-order valence-corrected chi connectivity index (χ3v) is 6.38. The number of fused-ring (bicyclic) bond motifs is 1. The van der Waals surface area contributed by atoms with E-state index in [0.717, 1.165) is 44.3 Å². The maximum absolute atomic E-state index is 12.8. The Hall–Kier alpha value is -1.11. The summed E-state index contributed by atoms with van der Waals surface area (Å²) in [7, 11) is -3.52. The van der Waals surface area contributed by atoms with Gasteiger partial charge in [-0.1, -0.05) is 12.5 Å². The van der Waals surface area contributed by atoms with Crippen molar-refractivity contribution < 1.29 is 13.5 Å². The molecule has 1 saturated carbocycles. The number of hydrogen-bond acceptors (Lipinski definition) is 4. The van der Waals surface area contributed by atoms with Crippen molar-refractivity contribution in [1.29, 1.82) is 0 Å². The van der Waals surface area contributed by atoms with Gasteiger partial charge in [-0.05, 0) is 43.4 Å². The van der Waals surface area contributed by atoms with Gasteiger partial charge in [-0.2, -0.15) is 4.31 Å². The predicted molar refractivity (Wildman–Crippen MR) is 81.9 cm³/mol. The normalized spacial score (nSPS) is 19.0. The van der Waals surface area contributed by atoms with Gasteiger partial charge in [0, 0.05) is 24.8 Å². The number of nitrogens with one attached hydrogen (secondary N) is 1. The molecule has 0 bridgehead atoms. The van der Waals surface area contributed by atoms with Crippen LogP contribution in [-0.4, -0.2) is 43.6 Å². The van der Waals surface area contributed by atoms with Crippen LogP contribution in [0.2, 0.25) is 0 Å². The molecule has 0 atom stereocenters. The number of benzene rings is 1. The first kappa shape index (κ1) is 14.8. The van der Waals surface area contributed by atoms with Crippen LogP contribution in [0.3, 0.4) is 0 Å². The number of aliphatic hydroxyl groups excluding tert-OH is 1. The van der Waals surface area contributed by atoms with Crippen LogP contribution in [0.5, 0.6) is 0 Å². The van der Waals surface area contributed by atoms with E-state index < -0.39 is 10.0 Å². The number of aliphatic hydroxyl groups is 1. The fourth-order valence-electron chi connectivity index (χ4n) is 3.01. The SMILES string of the molecule is O=S(=O)(c1ccc2c(c1)NCCC2)N(CCO)C1CCC1. The minimum absolute atomic E-state index is 0.0474. The molecule has 3 rings (SSSR count). The van der Waals surface area contributed by atoms with Crippen molar-refractivity contribution in [3.05, 3.63) is 23.8 Å². The summed E-state index contributed by atoms with van der Waals surface area (Å²) in [4.78, 5) is 0.330. The lowest BCUT2D eigenvalue weighted by molar-refractivity contribution is 0.178. The Morgan fingerprint density at radius 1 is 1.29 bits per heavy atom. The molecule has 1 heterocycles. The maximum atomic E-state index is 12.8. The average molecular weight is 310 g/mol. The van der Waals surface area contributed by atoms with Gasteiger partial charge in [-0.15, -0.1) is 0 Å². The van der Waals surface area contributed by atoms with Crippen molar-refractivity contribution in [2.75, 3.05) is 25.0 Å². The molecule has 2 aliphatic rings. The Morgan fingerprint density at radius 2 is 2.10 bits per heavy atom. The van der Waals surface area contributed by atoms with Crippen molar-refractivity contribution >= 4 is 15.7 Å². The summed E-state index contributed by atoms with van der Waals surface area (Å²) in [5.41, 5.74) is 2.11. The quantitative estimate of drug-likeness (QED) is 0.866. The van der Waals surface area contributed by atoms with E-state index in [1.165, 1.54) is 9.87 Å². The molecule has 0 unspecified atom stereocenters. The molecule has 0 aromatic heterocycles. The van der Waals surface area contributed by atoms with Gasteiger partial charge in [-0.3, -0.25) is 0 Å². The number of hydrogen-bond donors (Lipinski definition) is 2. The van der Waals surface area contributed by atoms with Gasteiger partial charge in [0.15, 0.2) is 0 Å². The van der Waals surface area contributed by atoms with Crippen LogP contribution in [0.1, 0.15) is 31.2 Å². The lowest BCUT2D eigenvalue weighted by Crippen LogP contribution is -2.45. The van der Waals surface area contributed by atoms with Gasteiger partial charge in [0.1, 0.15) is 0 Å². The van der Waals surface area contributed by atoms with Gasteiger partial charge >= 0.3 is 0 Å². The van der Waals surface area contributed by atoms with Crippen molar-refractivity contribution in [3.63, 3.8) is 0 Å². The first-order valence-corrected chi connectivity index (χ1v) is 9.06. The Kier molecular flexibility index (Phi) is 4.19. The van der Waals surface area contributed by atoms with E-state index in [4.69, 9.17) is 0 Å². The summed E-state index contributed by atoms with van der Waals surface area (Å²) in [5.74, 6) is 0. The third kappa shape index (κ3) is 2.80. The molecule has 1 fully saturated rings. The zero-order valence-corrected chi connectivity index (χ0v) is 12.9. The van der Waals surface area contributed by atoms with Crippen LogP contribution < -0.4 is 5.32 Å². The van der Waals surface area contributed by atoms with Crippen LogP contribution in [0.15, 0.2) is 23.1 Å². The largest absolute Gasteiger partial charge is 0.395 e. The molecule has 1 aliphatic carbocycles. The summed E-state index contributed by atoms with van der Waals surface area (Å²) in [6.45, 7) is 0.927. The minimum Gasteiger partial charge on any atom is -0.395 e. The molecule has 0 saturated heterocycles. The lowest BCUT2D eigenvalue weighted by atomic mass is 9.93. The maximum Gasteiger partial charge on any atom is 0.243 e. The van der Waals surface area contributed by atoms with Crippen molar-refractivity contribution in [1.82, 2.24) is 4.31 Å². The second kappa shape index (κ2) is 5.94. The molecule has 21 heavy (non-hydrogen) atoms. The average Bonchev–Trinajstić information content (AvgIpc) is 2.44. The van der Waals surface area contributed by atoms with Crippen LogP contribution >= 0.6 is 0 Å². The van der Waals surface area contributed by atoms with Gasteiger partial charge < -0.3 is 10.4 Å². The van der Waals surface area contributed by atoms with Crippen LogP contribution in [0.4, 0.5) is 5.69 Å². The number of anilines is 1. The van der Waals surface area contributed by atoms with E-state index in [9.17, 15) is 13.5 Å². The fraction of sp³-hybridized carbons (Fsp3) is 0.600. The van der Waals surface area contributed by atoms with Crippen molar-refractivity contribution in [2.24, 2.45) is 0 Å². The highest BCUT2D eigenvalue weighted by molar-refractivity contribution is 7.89. The molecular formula is C15H22N2O3S. The summed E-state index contributed by atoms with van der Waals surface area (Å²) < 4.78 is 27.1. The lowest BCUT2D eigenvalue weighted by Gasteiger charge is -2.36. The molecule has 2 N–H and O–H groups in total. The van der Waals surface area contributed by atoms with Gasteiger partial charge in [-0.25, -0.2) is 8.42 Å². The smallest absolute Gasteiger partial charge is 0.243 e. The van der Waals surface area contributed by atoms with Crippen molar-refractivity contribution in [3.8, 4) is 0 Å². The standard InChI is InChI=1S/C15H22N2O3S/c18-10-9-17(13-4-1-5-13)21(19,20)14-7-6-12-3-2-8-16-15(12)11-14/h6-7,11,13,16,18H,1-5,8-10H2. The number of nitrogens with zero attached hydrogens (tertiary/aromatic N) is 1. The molecule has 0 radical (unpaired) electrons. The number of aryl methyl sites for hydroxylation is 1. The van der Waals surface area contributed by atoms with Crippen molar-refractivity contribution in [2.45, 2.75) is 43.0 Å².